The number of anilines is 1. The zero-order valence-corrected chi connectivity index (χ0v) is 14.3. The molecule has 130 valence electrons. The second kappa shape index (κ2) is 8.17. The molecule has 1 aromatic heterocycles. The van der Waals surface area contributed by atoms with E-state index in [1.165, 1.54) is 41.7 Å². The van der Waals surface area contributed by atoms with Crippen LogP contribution in [0.25, 0.3) is 0 Å². The molecule has 1 heterocycles. The second-order valence-corrected chi connectivity index (χ2v) is 6.24. The second-order valence-electron chi connectivity index (χ2n) is 5.26. The molecule has 5 nitrogen and oxygen atoms in total. The van der Waals surface area contributed by atoms with E-state index in [2.05, 4.69) is 15.8 Å². The normalized spacial score (nSPS) is 10.7. The molecule has 2 amide bonds. The highest BCUT2D eigenvalue weighted by molar-refractivity contribution is 7.11. The summed E-state index contributed by atoms with van der Waals surface area (Å²) in [6, 6.07) is 15.4. The van der Waals surface area contributed by atoms with E-state index in [-0.39, 0.29) is 0 Å². The van der Waals surface area contributed by atoms with Gasteiger partial charge in [0.25, 0.3) is 11.8 Å². The van der Waals surface area contributed by atoms with Gasteiger partial charge in [0.1, 0.15) is 5.82 Å². The Balaban J connectivity index is 1.64. The number of nitrogens with zero attached hydrogens (tertiary/aromatic N) is 1. The Hall–Kier alpha value is -3.32. The van der Waals surface area contributed by atoms with Crippen molar-refractivity contribution in [3.63, 3.8) is 0 Å². The zero-order valence-electron chi connectivity index (χ0n) is 13.5. The van der Waals surface area contributed by atoms with Crippen LogP contribution < -0.4 is 10.7 Å². The van der Waals surface area contributed by atoms with E-state index in [0.29, 0.717) is 16.8 Å². The van der Waals surface area contributed by atoms with Gasteiger partial charge in [0.15, 0.2) is 0 Å². The quantitative estimate of drug-likeness (QED) is 0.530. The van der Waals surface area contributed by atoms with Gasteiger partial charge in [0.05, 0.1) is 6.21 Å². The number of carbonyl (C=O) groups excluding carboxylic acids is 2. The lowest BCUT2D eigenvalue weighted by atomic mass is 10.1. The topological polar surface area (TPSA) is 70.6 Å². The smallest absolute Gasteiger partial charge is 0.271 e. The Labute approximate surface area is 153 Å². The van der Waals surface area contributed by atoms with E-state index < -0.39 is 17.6 Å². The number of carbonyl (C=O) groups is 2. The van der Waals surface area contributed by atoms with Crippen molar-refractivity contribution in [3.8, 4) is 0 Å². The third kappa shape index (κ3) is 4.61. The number of hydrogen-bond acceptors (Lipinski definition) is 4. The molecule has 26 heavy (non-hydrogen) atoms. The lowest BCUT2D eigenvalue weighted by molar-refractivity contribution is 0.0953. The molecule has 0 radical (unpaired) electrons. The van der Waals surface area contributed by atoms with E-state index in [4.69, 9.17) is 0 Å². The number of nitrogens with one attached hydrogen (secondary N) is 2. The molecule has 0 saturated heterocycles. The summed E-state index contributed by atoms with van der Waals surface area (Å²) in [6.07, 6.45) is 1.56. The van der Waals surface area contributed by atoms with Gasteiger partial charge < -0.3 is 5.32 Å². The highest BCUT2D eigenvalue weighted by atomic mass is 32.1. The van der Waals surface area contributed by atoms with Crippen LogP contribution in [0.15, 0.2) is 71.1 Å². The molecule has 3 rings (SSSR count). The van der Waals surface area contributed by atoms with Gasteiger partial charge in [-0.2, -0.15) is 5.10 Å². The number of rotatable bonds is 5. The molecule has 0 atom stereocenters. The number of halogens is 1. The van der Waals surface area contributed by atoms with Gasteiger partial charge in [0.2, 0.25) is 0 Å². The molecular formula is C19H14FN3O2S. The van der Waals surface area contributed by atoms with E-state index in [1.807, 2.05) is 17.5 Å². The average Bonchev–Trinajstić information content (AvgIpc) is 3.16. The SMILES string of the molecule is O=C(NN=Cc1cccs1)c1cccc(NC(=O)c2ccc(F)cc2)c1. The molecule has 2 aromatic carbocycles. The molecule has 3 aromatic rings. The monoisotopic (exact) mass is 367 g/mol. The molecule has 2 N–H and O–H groups in total. The lowest BCUT2D eigenvalue weighted by Crippen LogP contribution is -2.18. The first-order valence-electron chi connectivity index (χ1n) is 7.66. The summed E-state index contributed by atoms with van der Waals surface area (Å²) in [5.41, 5.74) is 3.56. The standard InChI is InChI=1S/C19H14FN3O2S/c20-15-8-6-13(7-9-15)18(24)22-16-4-1-3-14(11-16)19(25)23-21-12-17-5-2-10-26-17/h1-12H,(H,22,24)(H,23,25). The van der Waals surface area contributed by atoms with E-state index in [9.17, 15) is 14.0 Å². The number of amides is 2. The summed E-state index contributed by atoms with van der Waals surface area (Å²) in [5, 5.41) is 8.49. The Kier molecular flexibility index (Phi) is 5.50. The number of hydrogen-bond donors (Lipinski definition) is 2. The summed E-state index contributed by atoms with van der Waals surface area (Å²) in [6.45, 7) is 0. The van der Waals surface area contributed by atoms with Crippen LogP contribution in [0, 0.1) is 5.82 Å². The van der Waals surface area contributed by atoms with Gasteiger partial charge in [-0.15, -0.1) is 11.3 Å². The van der Waals surface area contributed by atoms with Gasteiger partial charge in [0, 0.05) is 21.7 Å². The maximum absolute atomic E-state index is 12.9. The summed E-state index contributed by atoms with van der Waals surface area (Å²) in [7, 11) is 0. The van der Waals surface area contributed by atoms with Gasteiger partial charge in [-0.1, -0.05) is 12.1 Å². The third-order valence-corrected chi connectivity index (χ3v) is 4.20. The van der Waals surface area contributed by atoms with E-state index >= 15 is 0 Å². The maximum Gasteiger partial charge on any atom is 0.271 e. The predicted molar refractivity (Wildman–Crippen MR) is 100 cm³/mol. The van der Waals surface area contributed by atoms with Crippen LogP contribution in [0.1, 0.15) is 25.6 Å². The van der Waals surface area contributed by atoms with E-state index in [1.54, 1.807) is 24.4 Å². The minimum absolute atomic E-state index is 0.321. The third-order valence-electron chi connectivity index (χ3n) is 3.39. The molecule has 0 aliphatic rings. The number of thiophene rings is 1. The van der Waals surface area contributed by atoms with Crippen molar-refractivity contribution in [1.29, 1.82) is 0 Å². The molecule has 7 heteroatoms. The number of benzene rings is 2. The largest absolute Gasteiger partial charge is 0.322 e. The Bertz CT molecular complexity index is 938. The van der Waals surface area contributed by atoms with Crippen molar-refractivity contribution in [1.82, 2.24) is 5.43 Å². The maximum atomic E-state index is 12.9. The van der Waals surface area contributed by atoms with Crippen LogP contribution >= 0.6 is 11.3 Å². The van der Waals surface area contributed by atoms with Crippen molar-refractivity contribution in [2.75, 3.05) is 5.32 Å². The summed E-state index contributed by atoms with van der Waals surface area (Å²) in [4.78, 5) is 25.2. The highest BCUT2D eigenvalue weighted by Gasteiger charge is 2.09. The number of hydrazone groups is 1. The van der Waals surface area contributed by atoms with Gasteiger partial charge in [-0.3, -0.25) is 9.59 Å². The van der Waals surface area contributed by atoms with Crippen LogP contribution in [0.5, 0.6) is 0 Å². The zero-order chi connectivity index (χ0) is 18.4. The highest BCUT2D eigenvalue weighted by Crippen LogP contribution is 2.13. The Morgan fingerprint density at radius 2 is 1.77 bits per heavy atom. The van der Waals surface area contributed by atoms with Crippen LogP contribution in [0.3, 0.4) is 0 Å². The Morgan fingerprint density at radius 3 is 2.50 bits per heavy atom. The van der Waals surface area contributed by atoms with Crippen LogP contribution in [0.4, 0.5) is 10.1 Å². The minimum Gasteiger partial charge on any atom is -0.322 e. The van der Waals surface area contributed by atoms with Gasteiger partial charge >= 0.3 is 0 Å². The fourth-order valence-electron chi connectivity index (χ4n) is 2.13. The molecule has 0 saturated carbocycles. The molecule has 0 spiro atoms. The van der Waals surface area contributed by atoms with Gasteiger partial charge in [-0.05, 0) is 53.9 Å². The first-order valence-corrected chi connectivity index (χ1v) is 8.54. The summed E-state index contributed by atoms with van der Waals surface area (Å²) < 4.78 is 12.9. The molecule has 0 unspecified atom stereocenters. The van der Waals surface area contributed by atoms with Crippen molar-refractivity contribution >= 4 is 35.1 Å². The molecule has 0 fully saturated rings. The van der Waals surface area contributed by atoms with Crippen LogP contribution in [-0.4, -0.2) is 18.0 Å². The fourth-order valence-corrected chi connectivity index (χ4v) is 2.71. The predicted octanol–water partition coefficient (Wildman–Crippen LogP) is 3.90. The summed E-state index contributed by atoms with van der Waals surface area (Å²) in [5.74, 6) is -1.20. The molecule has 0 aliphatic carbocycles. The van der Waals surface area contributed by atoms with Crippen molar-refractivity contribution in [3.05, 3.63) is 87.9 Å². The van der Waals surface area contributed by atoms with Crippen LogP contribution in [0.2, 0.25) is 0 Å². The molecular weight excluding hydrogens is 353 g/mol. The van der Waals surface area contributed by atoms with E-state index in [0.717, 1.165) is 4.88 Å². The summed E-state index contributed by atoms with van der Waals surface area (Å²) >= 11 is 1.51. The average molecular weight is 367 g/mol. The van der Waals surface area contributed by atoms with Crippen LogP contribution in [-0.2, 0) is 0 Å². The van der Waals surface area contributed by atoms with Crippen molar-refractivity contribution < 1.29 is 14.0 Å². The minimum atomic E-state index is -0.414. The molecule has 0 aliphatic heterocycles. The first-order chi connectivity index (χ1) is 12.6. The van der Waals surface area contributed by atoms with Crippen molar-refractivity contribution in [2.24, 2.45) is 5.10 Å². The molecule has 0 bridgehead atoms. The lowest BCUT2D eigenvalue weighted by Gasteiger charge is -2.07. The Morgan fingerprint density at radius 1 is 0.962 bits per heavy atom. The van der Waals surface area contributed by atoms with Crippen molar-refractivity contribution in [2.45, 2.75) is 0 Å². The fraction of sp³-hybridized carbons (Fsp3) is 0. The first kappa shape index (κ1) is 17.5. The van der Waals surface area contributed by atoms with Gasteiger partial charge in [-0.25, -0.2) is 9.82 Å².